The van der Waals surface area contributed by atoms with Gasteiger partial charge in [-0.05, 0) is 23.5 Å². The van der Waals surface area contributed by atoms with Gasteiger partial charge < -0.3 is 0 Å². The largest absolute Gasteiger partial charge is 0.294 e. The monoisotopic (exact) mass is 266 g/mol. The molecule has 2 aromatic rings. The highest BCUT2D eigenvalue weighted by molar-refractivity contribution is 6.00. The molecule has 0 aliphatic rings. The molecule has 20 heavy (non-hydrogen) atoms. The van der Waals surface area contributed by atoms with Gasteiger partial charge in [0.15, 0.2) is 5.78 Å². The van der Waals surface area contributed by atoms with Crippen molar-refractivity contribution >= 4 is 5.78 Å². The zero-order valence-corrected chi connectivity index (χ0v) is 12.5. The Labute approximate surface area is 121 Å². The summed E-state index contributed by atoms with van der Waals surface area (Å²) in [6.07, 6.45) is 1.12. The number of ketones is 1. The first-order valence-corrected chi connectivity index (χ1v) is 7.32. The van der Waals surface area contributed by atoms with Crippen LogP contribution in [-0.4, -0.2) is 5.78 Å². The Morgan fingerprint density at radius 2 is 1.50 bits per heavy atom. The normalized spacial score (nSPS) is 13.8. The van der Waals surface area contributed by atoms with Gasteiger partial charge >= 0.3 is 0 Å². The van der Waals surface area contributed by atoms with Gasteiger partial charge in [-0.25, -0.2) is 0 Å². The maximum absolute atomic E-state index is 12.5. The molecular formula is C19H22O. The lowest BCUT2D eigenvalue weighted by atomic mass is 9.90. The van der Waals surface area contributed by atoms with Crippen LogP contribution in [0.3, 0.4) is 0 Å². The van der Waals surface area contributed by atoms with Crippen LogP contribution in [0, 0.1) is 0 Å². The highest BCUT2D eigenvalue weighted by Crippen LogP contribution is 2.23. The van der Waals surface area contributed by atoms with Crippen molar-refractivity contribution in [3.8, 4) is 0 Å². The summed E-state index contributed by atoms with van der Waals surface area (Å²) in [5, 5.41) is 0. The maximum atomic E-state index is 12.5. The fraction of sp³-hybridized carbons (Fsp3) is 0.316. The van der Waals surface area contributed by atoms with Gasteiger partial charge in [-0.15, -0.1) is 0 Å². The molecule has 0 aromatic heterocycles. The first kappa shape index (κ1) is 14.5. The molecular weight excluding hydrogens is 244 g/mol. The Hall–Kier alpha value is -1.89. The first-order valence-electron chi connectivity index (χ1n) is 7.32. The van der Waals surface area contributed by atoms with Crippen LogP contribution in [0.2, 0.25) is 0 Å². The van der Waals surface area contributed by atoms with Gasteiger partial charge in [-0.3, -0.25) is 4.79 Å². The van der Waals surface area contributed by atoms with Crippen LogP contribution < -0.4 is 0 Å². The molecule has 2 atom stereocenters. The van der Waals surface area contributed by atoms with Crippen molar-refractivity contribution in [1.82, 2.24) is 0 Å². The highest BCUT2D eigenvalue weighted by Gasteiger charge is 2.17. The van der Waals surface area contributed by atoms with Crippen molar-refractivity contribution in [1.29, 1.82) is 0 Å². The van der Waals surface area contributed by atoms with Crippen LogP contribution in [0.1, 0.15) is 60.5 Å². The van der Waals surface area contributed by atoms with Crippen molar-refractivity contribution in [2.45, 2.75) is 39.0 Å². The van der Waals surface area contributed by atoms with Crippen LogP contribution in [-0.2, 0) is 0 Å². The summed E-state index contributed by atoms with van der Waals surface area (Å²) in [6.45, 7) is 6.37. The fourth-order valence-corrected chi connectivity index (χ4v) is 2.35. The highest BCUT2D eigenvalue weighted by atomic mass is 16.1. The first-order chi connectivity index (χ1) is 9.63. The Balaban J connectivity index is 2.17. The zero-order valence-electron chi connectivity index (χ0n) is 12.5. The second-order valence-electron chi connectivity index (χ2n) is 5.43. The number of Topliss-reactive ketones (excluding diaryl/α,β-unsaturated/α-hetero) is 1. The van der Waals surface area contributed by atoms with Crippen LogP contribution in [0.5, 0.6) is 0 Å². The van der Waals surface area contributed by atoms with Gasteiger partial charge in [0, 0.05) is 11.5 Å². The van der Waals surface area contributed by atoms with Gasteiger partial charge in [0.05, 0.1) is 0 Å². The smallest absolute Gasteiger partial charge is 0.170 e. The quantitative estimate of drug-likeness (QED) is 0.681. The minimum absolute atomic E-state index is 0.0920. The number of hydrogen-bond donors (Lipinski definition) is 0. The molecule has 0 N–H and O–H groups in total. The Bertz CT molecular complexity index is 554. The lowest BCUT2D eigenvalue weighted by Gasteiger charge is -2.13. The Kier molecular flexibility index (Phi) is 4.73. The van der Waals surface area contributed by atoms with Gasteiger partial charge in [-0.1, -0.05) is 75.4 Å². The number of carbonyl (C=O) groups excluding carboxylic acids is 1. The predicted molar refractivity (Wildman–Crippen MR) is 84.3 cm³/mol. The van der Waals surface area contributed by atoms with E-state index in [1.807, 2.05) is 49.4 Å². The molecule has 0 fully saturated rings. The van der Waals surface area contributed by atoms with Crippen LogP contribution in [0.15, 0.2) is 54.6 Å². The van der Waals surface area contributed by atoms with E-state index >= 15 is 0 Å². The predicted octanol–water partition coefficient (Wildman–Crippen LogP) is 5.19. The van der Waals surface area contributed by atoms with E-state index in [1.165, 1.54) is 5.56 Å². The third-order valence-electron chi connectivity index (χ3n) is 4.07. The lowest BCUT2D eigenvalue weighted by molar-refractivity contribution is 0.0966. The maximum Gasteiger partial charge on any atom is 0.170 e. The van der Waals surface area contributed by atoms with Gasteiger partial charge in [0.2, 0.25) is 0 Å². The van der Waals surface area contributed by atoms with E-state index in [2.05, 4.69) is 26.0 Å². The molecule has 0 radical (unpaired) electrons. The van der Waals surface area contributed by atoms with Crippen molar-refractivity contribution in [3.05, 3.63) is 71.3 Å². The fourth-order valence-electron chi connectivity index (χ4n) is 2.35. The Morgan fingerprint density at radius 3 is 2.05 bits per heavy atom. The van der Waals surface area contributed by atoms with E-state index in [0.717, 1.165) is 17.5 Å². The summed E-state index contributed by atoms with van der Waals surface area (Å²) < 4.78 is 0. The molecule has 1 nitrogen and oxygen atoms in total. The van der Waals surface area contributed by atoms with Crippen molar-refractivity contribution in [2.24, 2.45) is 0 Å². The van der Waals surface area contributed by atoms with Gasteiger partial charge in [0.25, 0.3) is 0 Å². The topological polar surface area (TPSA) is 17.1 Å². The molecule has 0 aliphatic heterocycles. The minimum Gasteiger partial charge on any atom is -0.294 e. The van der Waals surface area contributed by atoms with Gasteiger partial charge in [-0.2, -0.15) is 0 Å². The zero-order chi connectivity index (χ0) is 14.5. The molecule has 0 bridgehead atoms. The van der Waals surface area contributed by atoms with Crippen LogP contribution in [0.4, 0.5) is 0 Å². The third-order valence-corrected chi connectivity index (χ3v) is 4.07. The number of rotatable bonds is 5. The molecule has 0 amide bonds. The summed E-state index contributed by atoms with van der Waals surface area (Å²) in [5.41, 5.74) is 3.17. The van der Waals surface area contributed by atoms with E-state index < -0.39 is 0 Å². The summed E-state index contributed by atoms with van der Waals surface area (Å²) in [4.78, 5) is 12.5. The number of benzene rings is 2. The molecule has 0 saturated heterocycles. The second kappa shape index (κ2) is 6.51. The van der Waals surface area contributed by atoms with Gasteiger partial charge in [0.1, 0.15) is 0 Å². The molecule has 2 rings (SSSR count). The summed E-state index contributed by atoms with van der Waals surface area (Å²) in [6, 6.07) is 18.0. The lowest BCUT2D eigenvalue weighted by Crippen LogP contribution is -2.09. The number of hydrogen-bond acceptors (Lipinski definition) is 1. The molecule has 1 heteroatoms. The van der Waals surface area contributed by atoms with E-state index in [1.54, 1.807) is 0 Å². The van der Waals surface area contributed by atoms with E-state index in [-0.39, 0.29) is 11.7 Å². The second-order valence-corrected chi connectivity index (χ2v) is 5.43. The van der Waals surface area contributed by atoms with Crippen LogP contribution in [0.25, 0.3) is 0 Å². The average Bonchev–Trinajstić information content (AvgIpc) is 2.53. The summed E-state index contributed by atoms with van der Waals surface area (Å²) >= 11 is 0. The SMILES string of the molecule is CCC(C)c1ccc(C(=O)C(C)c2ccccc2)cc1. The molecule has 0 heterocycles. The van der Waals surface area contributed by atoms with Crippen molar-refractivity contribution in [3.63, 3.8) is 0 Å². The summed E-state index contributed by atoms with van der Waals surface area (Å²) in [5.74, 6) is 0.642. The van der Waals surface area contributed by atoms with E-state index in [9.17, 15) is 4.79 Å². The molecule has 0 spiro atoms. The average molecular weight is 266 g/mol. The van der Waals surface area contributed by atoms with Crippen molar-refractivity contribution in [2.75, 3.05) is 0 Å². The molecule has 2 unspecified atom stereocenters. The van der Waals surface area contributed by atoms with Crippen molar-refractivity contribution < 1.29 is 4.79 Å². The third kappa shape index (κ3) is 3.16. The van der Waals surface area contributed by atoms with Crippen LogP contribution >= 0.6 is 0 Å². The summed E-state index contributed by atoms with van der Waals surface area (Å²) in [7, 11) is 0. The van der Waals surface area contributed by atoms with E-state index in [0.29, 0.717) is 5.92 Å². The molecule has 104 valence electrons. The molecule has 2 aromatic carbocycles. The minimum atomic E-state index is -0.0920. The number of carbonyl (C=O) groups is 1. The standard InChI is InChI=1S/C19H22O/c1-4-14(2)16-10-12-18(13-11-16)19(20)15(3)17-8-6-5-7-9-17/h5-15H,4H2,1-3H3. The molecule has 0 saturated carbocycles. The van der Waals surface area contributed by atoms with E-state index in [4.69, 9.17) is 0 Å². The molecule has 0 aliphatic carbocycles. The Morgan fingerprint density at radius 1 is 0.900 bits per heavy atom.